The highest BCUT2D eigenvalue weighted by Crippen LogP contribution is 2.34. The summed E-state index contributed by atoms with van der Waals surface area (Å²) in [6, 6.07) is 4.97. The normalized spacial score (nSPS) is 20.0. The fourth-order valence-electron chi connectivity index (χ4n) is 4.49. The highest BCUT2D eigenvalue weighted by Gasteiger charge is 2.52. The van der Waals surface area contributed by atoms with Crippen LogP contribution >= 0.6 is 11.8 Å². The summed E-state index contributed by atoms with van der Waals surface area (Å²) >= 11 is 1.65. The molecule has 10 heteroatoms. The van der Waals surface area contributed by atoms with Crippen molar-refractivity contribution in [2.45, 2.75) is 37.4 Å². The molecule has 1 unspecified atom stereocenters. The summed E-state index contributed by atoms with van der Waals surface area (Å²) in [7, 11) is 3.14. The number of thioether (sulfide) groups is 1. The van der Waals surface area contributed by atoms with Crippen molar-refractivity contribution in [2.24, 2.45) is 0 Å². The summed E-state index contributed by atoms with van der Waals surface area (Å²) in [5, 5.41) is 12.8. The molecule has 0 aromatic heterocycles. The Bertz CT molecular complexity index is 856. The Morgan fingerprint density at radius 1 is 1.25 bits per heavy atom. The number of methoxy groups -OCH3 is 2. The molecule has 1 aromatic carbocycles. The minimum atomic E-state index is -1.03. The second-order valence-electron chi connectivity index (χ2n) is 8.06. The maximum atomic E-state index is 13.0. The second-order valence-corrected chi connectivity index (χ2v) is 9.05. The molecule has 176 valence electrons. The van der Waals surface area contributed by atoms with Crippen LogP contribution in [-0.2, 0) is 20.8 Å². The monoisotopic (exact) mass is 465 g/mol. The molecule has 32 heavy (non-hydrogen) atoms. The van der Waals surface area contributed by atoms with E-state index in [-0.39, 0.29) is 30.8 Å². The molecule has 2 fully saturated rings. The van der Waals surface area contributed by atoms with Crippen molar-refractivity contribution in [3.8, 4) is 11.5 Å². The van der Waals surface area contributed by atoms with E-state index in [9.17, 15) is 19.5 Å². The van der Waals surface area contributed by atoms with E-state index in [4.69, 9.17) is 9.47 Å². The Morgan fingerprint density at radius 2 is 1.97 bits per heavy atom. The number of nitrogens with one attached hydrogen (secondary N) is 1. The van der Waals surface area contributed by atoms with Crippen molar-refractivity contribution in [1.29, 1.82) is 0 Å². The first-order valence-electron chi connectivity index (χ1n) is 10.6. The molecule has 0 aliphatic carbocycles. The van der Waals surface area contributed by atoms with Crippen molar-refractivity contribution in [3.63, 3.8) is 0 Å². The Hall–Kier alpha value is -2.46. The number of rotatable bonds is 9. The largest absolute Gasteiger partial charge is 0.497 e. The van der Waals surface area contributed by atoms with Gasteiger partial charge in [-0.1, -0.05) is 0 Å². The zero-order valence-electron chi connectivity index (χ0n) is 18.8. The average molecular weight is 466 g/mol. The highest BCUT2D eigenvalue weighted by molar-refractivity contribution is 7.98. The number of ether oxygens (including phenoxy) is 2. The predicted molar refractivity (Wildman–Crippen MR) is 121 cm³/mol. The number of carbonyl (C=O) groups is 3. The molecule has 2 amide bonds. The molecule has 2 saturated heterocycles. The molecule has 0 radical (unpaired) electrons. The van der Waals surface area contributed by atoms with E-state index in [0.29, 0.717) is 43.9 Å². The number of amides is 2. The number of likely N-dealkylation sites (tertiary alicyclic amines) is 1. The molecule has 2 aliphatic heterocycles. The molecule has 2 heterocycles. The molecule has 0 saturated carbocycles. The lowest BCUT2D eigenvalue weighted by Gasteiger charge is -2.44. The third-order valence-corrected chi connectivity index (χ3v) is 6.84. The van der Waals surface area contributed by atoms with Gasteiger partial charge < -0.3 is 24.4 Å². The van der Waals surface area contributed by atoms with Crippen molar-refractivity contribution < 1.29 is 29.0 Å². The van der Waals surface area contributed by atoms with E-state index in [2.05, 4.69) is 5.32 Å². The number of hydrogen-bond acceptors (Lipinski definition) is 7. The molecule has 3 rings (SSSR count). The fourth-order valence-corrected chi connectivity index (χ4v) is 4.97. The highest BCUT2D eigenvalue weighted by atomic mass is 32.2. The van der Waals surface area contributed by atoms with Gasteiger partial charge in [-0.15, -0.1) is 0 Å². The predicted octanol–water partition coefficient (Wildman–Crippen LogP) is 1.20. The van der Waals surface area contributed by atoms with Crippen LogP contribution in [0.15, 0.2) is 18.2 Å². The number of piperidine rings is 1. The maximum Gasteiger partial charge on any atom is 0.323 e. The zero-order valence-corrected chi connectivity index (χ0v) is 19.6. The standard InChI is InChI=1S/C22H31N3O6S/c1-30-16-4-5-18(31-2)15(12-16)13-19(26)24-9-7-22(8-10-24)23-17(6-11-32-3)21(29)25(22)14-20(27)28/h4-5,12,17,23H,6-11,13-14H2,1-3H3,(H,27,28). The second kappa shape index (κ2) is 10.4. The zero-order chi connectivity index (χ0) is 23.3. The van der Waals surface area contributed by atoms with Crippen LogP contribution < -0.4 is 14.8 Å². The van der Waals surface area contributed by atoms with Gasteiger partial charge in [-0.3, -0.25) is 19.7 Å². The van der Waals surface area contributed by atoms with E-state index in [1.165, 1.54) is 4.90 Å². The molecule has 1 atom stereocenters. The minimum Gasteiger partial charge on any atom is -0.497 e. The Labute approximate surface area is 192 Å². The molecule has 2 aliphatic rings. The average Bonchev–Trinajstić information content (AvgIpc) is 3.03. The first-order valence-corrected chi connectivity index (χ1v) is 12.0. The third kappa shape index (κ3) is 5.12. The Kier molecular flexibility index (Phi) is 7.89. The van der Waals surface area contributed by atoms with Crippen molar-refractivity contribution >= 4 is 29.5 Å². The van der Waals surface area contributed by atoms with Gasteiger partial charge in [-0.2, -0.15) is 11.8 Å². The third-order valence-electron chi connectivity index (χ3n) is 6.20. The number of aliphatic carboxylic acids is 1. The van der Waals surface area contributed by atoms with Crippen LogP contribution in [0.2, 0.25) is 0 Å². The Morgan fingerprint density at radius 3 is 2.56 bits per heavy atom. The first-order chi connectivity index (χ1) is 15.3. The molecule has 2 N–H and O–H groups in total. The van der Waals surface area contributed by atoms with Gasteiger partial charge in [-0.05, 0) is 36.6 Å². The molecule has 1 aromatic rings. The molecular formula is C22H31N3O6S. The van der Waals surface area contributed by atoms with E-state index in [1.807, 2.05) is 6.26 Å². The van der Waals surface area contributed by atoms with Gasteiger partial charge in [0.2, 0.25) is 11.8 Å². The lowest BCUT2D eigenvalue weighted by Crippen LogP contribution is -2.60. The molecular weight excluding hydrogens is 434 g/mol. The topological polar surface area (TPSA) is 108 Å². The van der Waals surface area contributed by atoms with Crippen molar-refractivity contribution in [2.75, 3.05) is 45.9 Å². The van der Waals surface area contributed by atoms with E-state index in [0.717, 1.165) is 11.3 Å². The summed E-state index contributed by atoms with van der Waals surface area (Å²) in [6.45, 7) is 0.546. The van der Waals surface area contributed by atoms with Gasteiger partial charge in [0.1, 0.15) is 18.0 Å². The first kappa shape index (κ1) is 24.2. The van der Waals surface area contributed by atoms with Crippen LogP contribution in [-0.4, -0.2) is 90.3 Å². The summed E-state index contributed by atoms with van der Waals surface area (Å²) in [5.41, 5.74) is 0.0270. The number of hydrogen-bond donors (Lipinski definition) is 2. The minimum absolute atomic E-state index is 0.0422. The Balaban J connectivity index is 1.69. The van der Waals surface area contributed by atoms with Crippen molar-refractivity contribution in [3.05, 3.63) is 23.8 Å². The molecule has 1 spiro atoms. The number of nitrogens with zero attached hydrogens (tertiary/aromatic N) is 2. The van der Waals surface area contributed by atoms with Gasteiger partial charge in [0.05, 0.1) is 32.3 Å². The van der Waals surface area contributed by atoms with Crippen LogP contribution in [0.1, 0.15) is 24.8 Å². The quantitative estimate of drug-likeness (QED) is 0.560. The fraction of sp³-hybridized carbons (Fsp3) is 0.591. The van der Waals surface area contributed by atoms with Gasteiger partial charge in [0.15, 0.2) is 0 Å². The molecule has 9 nitrogen and oxygen atoms in total. The van der Waals surface area contributed by atoms with Gasteiger partial charge >= 0.3 is 5.97 Å². The van der Waals surface area contributed by atoms with Gasteiger partial charge in [0.25, 0.3) is 0 Å². The van der Waals surface area contributed by atoms with E-state index in [1.54, 1.807) is 49.1 Å². The molecule has 0 bridgehead atoms. The van der Waals surface area contributed by atoms with Crippen LogP contribution in [0.5, 0.6) is 11.5 Å². The van der Waals surface area contributed by atoms with Crippen LogP contribution in [0.25, 0.3) is 0 Å². The summed E-state index contributed by atoms with van der Waals surface area (Å²) in [4.78, 5) is 40.5. The number of carbonyl (C=O) groups excluding carboxylic acids is 2. The summed E-state index contributed by atoms with van der Waals surface area (Å²) in [6.07, 6.45) is 3.78. The lowest BCUT2D eigenvalue weighted by atomic mass is 9.95. The summed E-state index contributed by atoms with van der Waals surface area (Å²) < 4.78 is 10.6. The smallest absolute Gasteiger partial charge is 0.323 e. The van der Waals surface area contributed by atoms with Crippen LogP contribution in [0, 0.1) is 0 Å². The van der Waals surface area contributed by atoms with Gasteiger partial charge in [0, 0.05) is 31.5 Å². The van der Waals surface area contributed by atoms with Crippen LogP contribution in [0.4, 0.5) is 0 Å². The van der Waals surface area contributed by atoms with E-state index < -0.39 is 11.6 Å². The lowest BCUT2D eigenvalue weighted by molar-refractivity contribution is -0.148. The maximum absolute atomic E-state index is 13.0. The van der Waals surface area contributed by atoms with Crippen LogP contribution in [0.3, 0.4) is 0 Å². The SMILES string of the molecule is COc1ccc(OC)c(CC(=O)N2CCC3(CC2)NC(CCSC)C(=O)N3CC(=O)O)c1. The number of carboxylic acid groups (broad SMARTS) is 1. The van der Waals surface area contributed by atoms with E-state index >= 15 is 0 Å². The van der Waals surface area contributed by atoms with Crippen molar-refractivity contribution in [1.82, 2.24) is 15.1 Å². The number of benzene rings is 1. The van der Waals surface area contributed by atoms with Gasteiger partial charge in [-0.25, -0.2) is 0 Å². The number of carboxylic acids is 1. The summed E-state index contributed by atoms with van der Waals surface area (Å²) in [5.74, 6) is 0.851.